The molecular formula is C20H26F6N2O4S2+2. The van der Waals surface area contributed by atoms with Crippen molar-refractivity contribution in [3.8, 4) is 0 Å². The molecular weight excluding hydrogens is 510 g/mol. The summed E-state index contributed by atoms with van der Waals surface area (Å²) in [5.41, 5.74) is -11.4. The van der Waals surface area contributed by atoms with Gasteiger partial charge >= 0.3 is 25.9 Å². The molecule has 34 heavy (non-hydrogen) atoms. The van der Waals surface area contributed by atoms with Crippen molar-refractivity contribution < 1.29 is 52.3 Å². The minimum absolute atomic E-state index is 0.286. The molecule has 192 valence electrons. The molecule has 0 fully saturated rings. The first kappa shape index (κ1) is 29.8. The summed E-state index contributed by atoms with van der Waals surface area (Å²) in [5.74, 6) is 0. The number of alkyl halides is 6. The van der Waals surface area contributed by atoms with E-state index in [1.54, 1.807) is 0 Å². The zero-order valence-electron chi connectivity index (χ0n) is 18.9. The quantitative estimate of drug-likeness (QED) is 0.414. The summed E-state index contributed by atoms with van der Waals surface area (Å²) in [6.45, 7) is 6.92. The molecule has 0 N–H and O–H groups in total. The van der Waals surface area contributed by atoms with Crippen LogP contribution in [0.1, 0.15) is 37.8 Å². The highest BCUT2D eigenvalue weighted by molar-refractivity contribution is 7.95. The average molecular weight is 537 g/mol. The third-order valence-electron chi connectivity index (χ3n) is 4.57. The Bertz CT molecular complexity index is 1210. The molecule has 0 aliphatic heterocycles. The fourth-order valence-electron chi connectivity index (χ4n) is 2.85. The molecule has 2 rings (SSSR count). The molecule has 2 aromatic heterocycles. The predicted octanol–water partition coefficient (Wildman–Crippen LogP) is 3.97. The van der Waals surface area contributed by atoms with Gasteiger partial charge in [-0.15, -0.1) is 0 Å². The number of unbranched alkanes of at least 4 members (excludes halogenated alkanes) is 1. The fourth-order valence-corrected chi connectivity index (χ4v) is 5.71. The number of halogens is 6. The first-order valence-corrected chi connectivity index (χ1v) is 13.0. The van der Waals surface area contributed by atoms with E-state index >= 15 is 0 Å². The first-order chi connectivity index (χ1) is 15.4. The van der Waals surface area contributed by atoms with Crippen LogP contribution in [0.2, 0.25) is 0 Å². The maximum atomic E-state index is 12.8. The van der Waals surface area contributed by atoms with Gasteiger partial charge in [-0.1, -0.05) is 13.3 Å². The molecule has 0 unspecified atom stereocenters. The van der Waals surface area contributed by atoms with Crippen LogP contribution in [0.15, 0.2) is 46.7 Å². The lowest BCUT2D eigenvalue weighted by Crippen LogP contribution is -2.45. The molecule has 0 saturated carbocycles. The van der Waals surface area contributed by atoms with Gasteiger partial charge in [0.1, 0.15) is 13.1 Å². The lowest BCUT2D eigenvalue weighted by molar-refractivity contribution is -0.733. The van der Waals surface area contributed by atoms with Crippen molar-refractivity contribution in [1.82, 2.24) is 0 Å². The molecule has 0 spiro atoms. The van der Waals surface area contributed by atoms with E-state index in [1.807, 2.05) is 0 Å². The number of sulfone groups is 2. The van der Waals surface area contributed by atoms with Crippen molar-refractivity contribution in [3.63, 3.8) is 0 Å². The zero-order valence-corrected chi connectivity index (χ0v) is 20.5. The average Bonchev–Trinajstić information content (AvgIpc) is 2.70. The minimum atomic E-state index is -6.33. The maximum absolute atomic E-state index is 12.8. The van der Waals surface area contributed by atoms with Crippen LogP contribution < -0.4 is 9.13 Å². The summed E-state index contributed by atoms with van der Waals surface area (Å²) in [7, 11) is -12.6. The fraction of sp³-hybridized carbons (Fsp3) is 0.500. The molecule has 0 aromatic carbocycles. The zero-order chi connectivity index (χ0) is 26.5. The van der Waals surface area contributed by atoms with Crippen molar-refractivity contribution in [2.45, 2.75) is 74.6 Å². The standard InChI is InChI=1S/C10H10F6NO4S2.C10H16N/c1-3-17-5-4-6(2)7(22(18,19)9(11,12)13)8(17)23(20,21)10(14,15)16;1-3-4-7-11-8-5-6-10(2)9-11/h4-5H,3H2,1-2H3;5-6,8-9H,3-4,7H2,1-2H3/q2*+1. The molecule has 0 radical (unpaired) electrons. The van der Waals surface area contributed by atoms with Crippen molar-refractivity contribution in [1.29, 1.82) is 0 Å². The van der Waals surface area contributed by atoms with Crippen LogP contribution in [0, 0.1) is 13.8 Å². The third-order valence-corrected chi connectivity index (χ3v) is 7.92. The number of hydrogen-bond donors (Lipinski definition) is 0. The molecule has 0 atom stereocenters. The first-order valence-electron chi connectivity index (χ1n) is 10.0. The van der Waals surface area contributed by atoms with Crippen LogP contribution >= 0.6 is 0 Å². The molecule has 0 bridgehead atoms. The minimum Gasteiger partial charge on any atom is -0.214 e. The SMILES string of the molecule is CCCC[n+]1cccc(C)c1.CC[n+]1ccc(C)c(S(=O)(=O)C(F)(F)F)c1S(=O)(=O)C(F)(F)F. The van der Waals surface area contributed by atoms with E-state index in [0.29, 0.717) is 0 Å². The van der Waals surface area contributed by atoms with Gasteiger partial charge in [0.15, 0.2) is 23.5 Å². The number of aromatic nitrogens is 2. The van der Waals surface area contributed by atoms with E-state index in [2.05, 4.69) is 42.9 Å². The van der Waals surface area contributed by atoms with E-state index in [1.165, 1.54) is 18.4 Å². The summed E-state index contributed by atoms with van der Waals surface area (Å²) in [4.78, 5) is -1.92. The van der Waals surface area contributed by atoms with Gasteiger partial charge in [-0.3, -0.25) is 0 Å². The summed E-state index contributed by atoms with van der Waals surface area (Å²) in [6.07, 6.45) is 7.62. The van der Waals surface area contributed by atoms with Crippen LogP contribution in [0.25, 0.3) is 0 Å². The van der Waals surface area contributed by atoms with Crippen molar-refractivity contribution in [3.05, 3.63) is 47.9 Å². The molecule has 6 nitrogen and oxygen atoms in total. The van der Waals surface area contributed by atoms with Crippen LogP contribution in [-0.2, 0) is 32.8 Å². The lowest BCUT2D eigenvalue weighted by atomic mass is 10.3. The Hall–Kier alpha value is -2.22. The van der Waals surface area contributed by atoms with Gasteiger partial charge in [-0.05, 0) is 32.4 Å². The number of pyridine rings is 2. The largest absolute Gasteiger partial charge is 0.507 e. The highest BCUT2D eigenvalue weighted by atomic mass is 32.2. The van der Waals surface area contributed by atoms with E-state index in [4.69, 9.17) is 0 Å². The maximum Gasteiger partial charge on any atom is 0.507 e. The van der Waals surface area contributed by atoms with Crippen LogP contribution in [0.3, 0.4) is 0 Å². The second-order valence-corrected chi connectivity index (χ2v) is 11.0. The van der Waals surface area contributed by atoms with Gasteiger partial charge < -0.3 is 0 Å². The predicted molar refractivity (Wildman–Crippen MR) is 110 cm³/mol. The van der Waals surface area contributed by atoms with Crippen molar-refractivity contribution in [2.75, 3.05) is 0 Å². The second kappa shape index (κ2) is 11.0. The second-order valence-electron chi connectivity index (χ2n) is 7.29. The Kier molecular flexibility index (Phi) is 9.66. The Morgan fingerprint density at radius 3 is 1.85 bits per heavy atom. The Morgan fingerprint density at radius 2 is 1.41 bits per heavy atom. The number of aryl methyl sites for hydroxylation is 4. The van der Waals surface area contributed by atoms with Gasteiger partial charge in [-0.2, -0.15) is 30.9 Å². The van der Waals surface area contributed by atoms with E-state index < -0.39 is 52.7 Å². The summed E-state index contributed by atoms with van der Waals surface area (Å²) in [6, 6.07) is 5.02. The van der Waals surface area contributed by atoms with Gasteiger partial charge in [-0.25, -0.2) is 21.4 Å². The highest BCUT2D eigenvalue weighted by Gasteiger charge is 2.59. The normalized spacial score (nSPS) is 12.8. The molecule has 2 aromatic rings. The Labute approximate surface area is 194 Å². The summed E-state index contributed by atoms with van der Waals surface area (Å²) < 4.78 is 125. The van der Waals surface area contributed by atoms with Gasteiger partial charge in [0, 0.05) is 24.1 Å². The topological polar surface area (TPSA) is 76.0 Å². The number of hydrogen-bond acceptors (Lipinski definition) is 4. The molecule has 0 aliphatic carbocycles. The van der Waals surface area contributed by atoms with E-state index in [9.17, 15) is 43.2 Å². The Balaban J connectivity index is 0.000000437. The van der Waals surface area contributed by atoms with Gasteiger partial charge in [0.05, 0.1) is 0 Å². The third kappa shape index (κ3) is 6.68. The monoisotopic (exact) mass is 536 g/mol. The van der Waals surface area contributed by atoms with Crippen LogP contribution in [0.4, 0.5) is 26.3 Å². The van der Waals surface area contributed by atoms with Crippen LogP contribution in [-0.4, -0.2) is 27.9 Å². The van der Waals surface area contributed by atoms with Crippen LogP contribution in [0.5, 0.6) is 0 Å². The van der Waals surface area contributed by atoms with E-state index in [-0.39, 0.29) is 4.57 Å². The van der Waals surface area contributed by atoms with Crippen molar-refractivity contribution >= 4 is 19.7 Å². The van der Waals surface area contributed by atoms with Gasteiger partial charge in [0.25, 0.3) is 9.84 Å². The molecule has 0 amide bonds. The molecule has 2 heterocycles. The highest BCUT2D eigenvalue weighted by Crippen LogP contribution is 2.38. The molecule has 14 heteroatoms. The summed E-state index contributed by atoms with van der Waals surface area (Å²) >= 11 is 0. The van der Waals surface area contributed by atoms with E-state index in [0.717, 1.165) is 32.7 Å². The molecule has 0 aliphatic rings. The van der Waals surface area contributed by atoms with Crippen molar-refractivity contribution in [2.24, 2.45) is 0 Å². The number of nitrogens with zero attached hydrogens (tertiary/aromatic N) is 2. The molecule has 0 saturated heterocycles. The van der Waals surface area contributed by atoms with Gasteiger partial charge in [0.2, 0.25) is 0 Å². The smallest absolute Gasteiger partial charge is 0.214 e. The Morgan fingerprint density at radius 1 is 0.853 bits per heavy atom. The summed E-state index contributed by atoms with van der Waals surface area (Å²) in [5, 5.41) is -1.95. The number of rotatable bonds is 6. The lowest BCUT2D eigenvalue weighted by Gasteiger charge is -2.14.